The summed E-state index contributed by atoms with van der Waals surface area (Å²) in [5.41, 5.74) is 2.02. The van der Waals surface area contributed by atoms with Crippen molar-refractivity contribution in [1.82, 2.24) is 9.78 Å². The Morgan fingerprint density at radius 2 is 2.43 bits per heavy atom. The van der Waals surface area contributed by atoms with Crippen molar-refractivity contribution >= 4 is 5.97 Å². The van der Waals surface area contributed by atoms with Crippen molar-refractivity contribution in [3.05, 3.63) is 41.7 Å². The number of aliphatic carboxylic acids is 1. The first-order valence-corrected chi connectivity index (χ1v) is 6.74. The molecule has 0 aliphatic carbocycles. The van der Waals surface area contributed by atoms with E-state index < -0.39 is 12.1 Å². The summed E-state index contributed by atoms with van der Waals surface area (Å²) in [4.78, 5) is 10.9. The first-order chi connectivity index (χ1) is 10.1. The third-order valence-corrected chi connectivity index (χ3v) is 3.41. The maximum Gasteiger partial charge on any atom is 0.345 e. The largest absolute Gasteiger partial charge is 0.493 e. The maximum atomic E-state index is 10.9. The number of aryl methyl sites for hydroxylation is 1. The van der Waals surface area contributed by atoms with Crippen molar-refractivity contribution in [2.24, 2.45) is 7.05 Å². The van der Waals surface area contributed by atoms with Gasteiger partial charge in [0.1, 0.15) is 11.5 Å². The quantitative estimate of drug-likeness (QED) is 0.901. The summed E-state index contributed by atoms with van der Waals surface area (Å²) in [5, 5.41) is 13.1. The Balaban J connectivity index is 1.58. The highest BCUT2D eigenvalue weighted by atomic mass is 16.5. The molecule has 0 bridgehead atoms. The molecule has 6 nitrogen and oxygen atoms in total. The van der Waals surface area contributed by atoms with Crippen LogP contribution in [0.15, 0.2) is 30.6 Å². The highest BCUT2D eigenvalue weighted by molar-refractivity contribution is 5.74. The highest BCUT2D eigenvalue weighted by Gasteiger charge is 2.28. The smallest absolute Gasteiger partial charge is 0.345 e. The summed E-state index contributed by atoms with van der Waals surface area (Å²) >= 11 is 0. The van der Waals surface area contributed by atoms with Crippen LogP contribution in [0.5, 0.6) is 11.5 Å². The molecule has 1 aliphatic rings. The van der Waals surface area contributed by atoms with E-state index in [1.807, 2.05) is 31.6 Å². The van der Waals surface area contributed by atoms with E-state index in [1.54, 1.807) is 10.7 Å². The molecule has 0 saturated carbocycles. The number of carboxylic acid groups (broad SMARTS) is 1. The molecule has 1 N–H and O–H groups in total. The Hall–Kier alpha value is -2.50. The van der Waals surface area contributed by atoms with Crippen molar-refractivity contribution in [3.8, 4) is 11.5 Å². The second-order valence-electron chi connectivity index (χ2n) is 5.04. The Morgan fingerprint density at radius 3 is 3.14 bits per heavy atom. The fourth-order valence-electron chi connectivity index (χ4n) is 2.32. The molecule has 0 amide bonds. The number of aromatic nitrogens is 2. The third kappa shape index (κ3) is 2.99. The van der Waals surface area contributed by atoms with Crippen LogP contribution in [-0.2, 0) is 24.7 Å². The summed E-state index contributed by atoms with van der Waals surface area (Å²) < 4.78 is 12.8. The maximum absolute atomic E-state index is 10.9. The van der Waals surface area contributed by atoms with Gasteiger partial charge in [0.2, 0.25) is 0 Å². The summed E-state index contributed by atoms with van der Waals surface area (Å²) in [5.74, 6) is 0.343. The molecule has 1 unspecified atom stereocenters. The molecule has 2 aromatic rings. The third-order valence-electron chi connectivity index (χ3n) is 3.41. The van der Waals surface area contributed by atoms with Gasteiger partial charge in [0.05, 0.1) is 12.8 Å². The lowest BCUT2D eigenvalue weighted by atomic mass is 10.1. The minimum atomic E-state index is -0.940. The molecule has 1 atom stereocenters. The van der Waals surface area contributed by atoms with E-state index in [1.165, 1.54) is 0 Å². The minimum Gasteiger partial charge on any atom is -0.493 e. The van der Waals surface area contributed by atoms with E-state index in [0.717, 1.165) is 17.5 Å². The Bertz CT molecular complexity index is 665. The predicted octanol–water partition coefficient (Wildman–Crippen LogP) is 1.43. The molecule has 21 heavy (non-hydrogen) atoms. The fourth-order valence-corrected chi connectivity index (χ4v) is 2.32. The number of hydrogen-bond donors (Lipinski definition) is 1. The van der Waals surface area contributed by atoms with Crippen molar-refractivity contribution in [1.29, 1.82) is 0 Å². The van der Waals surface area contributed by atoms with E-state index in [2.05, 4.69) is 5.10 Å². The second kappa shape index (κ2) is 5.47. The number of ether oxygens (including phenoxy) is 2. The van der Waals surface area contributed by atoms with Crippen LogP contribution >= 0.6 is 0 Å². The van der Waals surface area contributed by atoms with E-state index in [-0.39, 0.29) is 0 Å². The highest BCUT2D eigenvalue weighted by Crippen LogP contribution is 2.32. The number of nitrogens with zero attached hydrogens (tertiary/aromatic N) is 2. The number of benzene rings is 1. The molecule has 1 aliphatic heterocycles. The molecule has 0 saturated heterocycles. The lowest BCUT2D eigenvalue weighted by Crippen LogP contribution is -2.24. The first-order valence-electron chi connectivity index (χ1n) is 6.74. The van der Waals surface area contributed by atoms with Crippen LogP contribution < -0.4 is 9.47 Å². The van der Waals surface area contributed by atoms with Gasteiger partial charge in [0.15, 0.2) is 6.10 Å². The van der Waals surface area contributed by atoms with Gasteiger partial charge >= 0.3 is 5.97 Å². The zero-order chi connectivity index (χ0) is 14.8. The van der Waals surface area contributed by atoms with E-state index in [4.69, 9.17) is 14.6 Å². The van der Waals surface area contributed by atoms with E-state index in [9.17, 15) is 4.79 Å². The van der Waals surface area contributed by atoms with Crippen molar-refractivity contribution in [2.45, 2.75) is 18.9 Å². The molecular formula is C15H16N2O4. The van der Waals surface area contributed by atoms with Crippen molar-refractivity contribution < 1.29 is 19.4 Å². The molecule has 0 radical (unpaired) electrons. The molecule has 1 aromatic carbocycles. The molecule has 2 heterocycles. The molecule has 1 aromatic heterocycles. The van der Waals surface area contributed by atoms with Gasteiger partial charge in [-0.15, -0.1) is 0 Å². The minimum absolute atomic E-state index is 0.403. The van der Waals surface area contributed by atoms with Gasteiger partial charge in [-0.3, -0.25) is 4.68 Å². The number of carboxylic acids is 1. The molecule has 0 fully saturated rings. The topological polar surface area (TPSA) is 73.6 Å². The van der Waals surface area contributed by atoms with Gasteiger partial charge in [0.25, 0.3) is 0 Å². The van der Waals surface area contributed by atoms with Gasteiger partial charge in [-0.05, 0) is 17.2 Å². The fraction of sp³-hybridized carbons (Fsp3) is 0.333. The molecule has 0 spiro atoms. The van der Waals surface area contributed by atoms with E-state index in [0.29, 0.717) is 24.5 Å². The first kappa shape index (κ1) is 13.5. The SMILES string of the molecule is Cn1cc(CCOc2ccc3c(c2)OC(C(=O)O)C3)cn1. The van der Waals surface area contributed by atoms with Crippen LogP contribution in [0.25, 0.3) is 0 Å². The Morgan fingerprint density at radius 1 is 1.57 bits per heavy atom. The molecular weight excluding hydrogens is 272 g/mol. The Kier molecular flexibility index (Phi) is 3.51. The van der Waals surface area contributed by atoms with Gasteiger partial charge in [-0.25, -0.2) is 4.79 Å². The lowest BCUT2D eigenvalue weighted by Gasteiger charge is -2.07. The van der Waals surface area contributed by atoms with Crippen LogP contribution in [-0.4, -0.2) is 33.6 Å². The van der Waals surface area contributed by atoms with Gasteiger partial charge in [-0.2, -0.15) is 5.10 Å². The standard InChI is InChI=1S/C15H16N2O4/c1-17-9-10(8-16-17)4-5-20-12-3-2-11-6-14(15(18)19)21-13(11)7-12/h2-3,7-9,14H,4-6H2,1H3,(H,18,19). The zero-order valence-electron chi connectivity index (χ0n) is 11.7. The summed E-state index contributed by atoms with van der Waals surface area (Å²) in [6, 6.07) is 5.45. The van der Waals surface area contributed by atoms with Crippen LogP contribution in [0, 0.1) is 0 Å². The number of hydrogen-bond acceptors (Lipinski definition) is 4. The van der Waals surface area contributed by atoms with Crippen molar-refractivity contribution in [2.75, 3.05) is 6.61 Å². The number of carbonyl (C=O) groups is 1. The van der Waals surface area contributed by atoms with Gasteiger partial charge < -0.3 is 14.6 Å². The zero-order valence-corrected chi connectivity index (χ0v) is 11.7. The van der Waals surface area contributed by atoms with Crippen LogP contribution in [0.4, 0.5) is 0 Å². The van der Waals surface area contributed by atoms with Crippen LogP contribution in [0.2, 0.25) is 0 Å². The molecule has 110 valence electrons. The lowest BCUT2D eigenvalue weighted by molar-refractivity contribution is -0.144. The summed E-state index contributed by atoms with van der Waals surface area (Å²) in [6.07, 6.45) is 4.15. The van der Waals surface area contributed by atoms with Crippen molar-refractivity contribution in [3.63, 3.8) is 0 Å². The Labute approximate surface area is 121 Å². The van der Waals surface area contributed by atoms with Gasteiger partial charge in [0, 0.05) is 32.2 Å². The van der Waals surface area contributed by atoms with E-state index >= 15 is 0 Å². The average molecular weight is 288 g/mol. The summed E-state index contributed by atoms with van der Waals surface area (Å²) in [7, 11) is 1.88. The van der Waals surface area contributed by atoms with Crippen LogP contribution in [0.1, 0.15) is 11.1 Å². The normalized spacial score (nSPS) is 16.3. The number of rotatable bonds is 5. The van der Waals surface area contributed by atoms with Crippen LogP contribution in [0.3, 0.4) is 0 Å². The predicted molar refractivity (Wildman–Crippen MR) is 74.6 cm³/mol. The monoisotopic (exact) mass is 288 g/mol. The molecule has 3 rings (SSSR count). The molecule has 6 heteroatoms. The second-order valence-corrected chi connectivity index (χ2v) is 5.04. The average Bonchev–Trinajstić information content (AvgIpc) is 3.04. The number of fused-ring (bicyclic) bond motifs is 1. The van der Waals surface area contributed by atoms with Gasteiger partial charge in [-0.1, -0.05) is 6.07 Å². The summed E-state index contributed by atoms with van der Waals surface area (Å²) in [6.45, 7) is 0.535.